The van der Waals surface area contributed by atoms with E-state index < -0.39 is 0 Å². The number of nitrogens with one attached hydrogen (secondary N) is 1. The Kier molecular flexibility index (Phi) is 6.89. The van der Waals surface area contributed by atoms with E-state index in [9.17, 15) is 4.79 Å². The van der Waals surface area contributed by atoms with Gasteiger partial charge in [0.1, 0.15) is 0 Å². The lowest BCUT2D eigenvalue weighted by Crippen LogP contribution is -2.27. The highest BCUT2D eigenvalue weighted by Gasteiger charge is 2.11. The van der Waals surface area contributed by atoms with Gasteiger partial charge in [-0.1, -0.05) is 12.1 Å². The highest BCUT2D eigenvalue weighted by atomic mass is 32.2. The van der Waals surface area contributed by atoms with Crippen molar-refractivity contribution in [1.82, 2.24) is 15.2 Å². The molecule has 1 heterocycles. The van der Waals surface area contributed by atoms with Crippen molar-refractivity contribution < 1.29 is 4.79 Å². The molecule has 1 N–H and O–H groups in total. The molecule has 0 atom stereocenters. The zero-order valence-corrected chi connectivity index (χ0v) is 14.5. The quantitative estimate of drug-likeness (QED) is 0.595. The highest BCUT2D eigenvalue weighted by Crippen LogP contribution is 2.26. The van der Waals surface area contributed by atoms with Crippen LogP contribution in [0.2, 0.25) is 0 Å². The van der Waals surface area contributed by atoms with Crippen LogP contribution in [0.1, 0.15) is 22.5 Å². The Labute approximate surface area is 139 Å². The molecule has 2 aromatic rings. The van der Waals surface area contributed by atoms with Crippen LogP contribution in [0.5, 0.6) is 0 Å². The molecule has 1 aromatic carbocycles. The smallest absolute Gasteiger partial charge is 0.252 e. The molecule has 1 aromatic heterocycles. The van der Waals surface area contributed by atoms with E-state index >= 15 is 0 Å². The van der Waals surface area contributed by atoms with Crippen molar-refractivity contribution in [3.8, 4) is 0 Å². The molecule has 118 valence electrons. The second-order valence-electron chi connectivity index (χ2n) is 5.18. The first-order valence-corrected chi connectivity index (χ1v) is 9.11. The molecule has 0 aliphatic carbocycles. The normalized spacial score (nSPS) is 10.9. The van der Waals surface area contributed by atoms with Gasteiger partial charge in [0.2, 0.25) is 0 Å². The molecule has 0 saturated heterocycles. The molecule has 0 bridgehead atoms. The van der Waals surface area contributed by atoms with Crippen LogP contribution in [0.4, 0.5) is 0 Å². The van der Waals surface area contributed by atoms with E-state index in [0.29, 0.717) is 6.54 Å². The highest BCUT2D eigenvalue weighted by molar-refractivity contribution is 7.98. The van der Waals surface area contributed by atoms with Gasteiger partial charge in [0.05, 0.1) is 16.8 Å². The molecule has 0 aliphatic heterocycles. The third kappa shape index (κ3) is 5.44. The minimum Gasteiger partial charge on any atom is -0.352 e. The maximum absolute atomic E-state index is 12.3. The lowest BCUT2D eigenvalue weighted by atomic mass is 10.2. The van der Waals surface area contributed by atoms with E-state index in [2.05, 4.69) is 15.2 Å². The van der Waals surface area contributed by atoms with Crippen molar-refractivity contribution in [2.75, 3.05) is 27.2 Å². The van der Waals surface area contributed by atoms with Crippen molar-refractivity contribution in [3.05, 3.63) is 46.4 Å². The van der Waals surface area contributed by atoms with Gasteiger partial charge in [0, 0.05) is 22.6 Å². The summed E-state index contributed by atoms with van der Waals surface area (Å²) in [4.78, 5) is 19.7. The standard InChI is InChI=1S/C16H21N3OS2/c1-19(2)9-5-8-17-16(20)14-6-3-4-7-15(14)22-11-13-10-21-12-18-13/h3-4,6-7,10,12H,5,8-9,11H2,1-2H3,(H,17,20). The monoisotopic (exact) mass is 335 g/mol. The van der Waals surface area contributed by atoms with Crippen LogP contribution in [0.25, 0.3) is 0 Å². The Morgan fingerprint density at radius 1 is 1.36 bits per heavy atom. The third-order valence-electron chi connectivity index (χ3n) is 3.06. The number of hydrogen-bond donors (Lipinski definition) is 1. The van der Waals surface area contributed by atoms with Gasteiger partial charge in [-0.2, -0.15) is 0 Å². The Balaban J connectivity index is 1.90. The lowest BCUT2D eigenvalue weighted by molar-refractivity contribution is 0.0949. The van der Waals surface area contributed by atoms with Crippen LogP contribution in [-0.4, -0.2) is 43.0 Å². The molecule has 22 heavy (non-hydrogen) atoms. The summed E-state index contributed by atoms with van der Waals surface area (Å²) in [5.41, 5.74) is 3.63. The van der Waals surface area contributed by atoms with Crippen LogP contribution >= 0.6 is 23.1 Å². The van der Waals surface area contributed by atoms with Crippen molar-refractivity contribution in [1.29, 1.82) is 0 Å². The van der Waals surface area contributed by atoms with Gasteiger partial charge in [0.25, 0.3) is 5.91 Å². The average Bonchev–Trinajstić information content (AvgIpc) is 3.03. The Hall–Kier alpha value is -1.37. The molecule has 0 aliphatic rings. The molecule has 4 nitrogen and oxygen atoms in total. The van der Waals surface area contributed by atoms with Gasteiger partial charge in [-0.25, -0.2) is 4.98 Å². The first kappa shape index (κ1) is 17.0. The second kappa shape index (κ2) is 8.92. The predicted molar refractivity (Wildman–Crippen MR) is 93.6 cm³/mol. The summed E-state index contributed by atoms with van der Waals surface area (Å²) >= 11 is 3.25. The summed E-state index contributed by atoms with van der Waals surface area (Å²) in [6, 6.07) is 7.74. The van der Waals surface area contributed by atoms with Gasteiger partial charge >= 0.3 is 0 Å². The van der Waals surface area contributed by atoms with Crippen LogP contribution < -0.4 is 5.32 Å². The van der Waals surface area contributed by atoms with Gasteiger partial charge in [0.15, 0.2) is 0 Å². The summed E-state index contributed by atoms with van der Waals surface area (Å²) < 4.78 is 0. The predicted octanol–water partition coefficient (Wildman–Crippen LogP) is 3.12. The second-order valence-corrected chi connectivity index (χ2v) is 6.91. The van der Waals surface area contributed by atoms with E-state index in [1.807, 2.05) is 49.3 Å². The molecular weight excluding hydrogens is 314 g/mol. The third-order valence-corrected chi connectivity index (χ3v) is 4.80. The fraction of sp³-hybridized carbons (Fsp3) is 0.375. The summed E-state index contributed by atoms with van der Waals surface area (Å²) in [5.74, 6) is 0.786. The Bertz CT molecular complexity index is 585. The number of thioether (sulfide) groups is 1. The van der Waals surface area contributed by atoms with Crippen molar-refractivity contribution in [2.24, 2.45) is 0 Å². The number of carbonyl (C=O) groups is 1. The van der Waals surface area contributed by atoms with E-state index in [4.69, 9.17) is 0 Å². The zero-order valence-electron chi connectivity index (χ0n) is 12.9. The molecule has 6 heteroatoms. The van der Waals surface area contributed by atoms with Crippen LogP contribution in [0, 0.1) is 0 Å². The minimum absolute atomic E-state index is 0.000124. The van der Waals surface area contributed by atoms with Crippen LogP contribution in [0.3, 0.4) is 0 Å². The molecule has 0 spiro atoms. The van der Waals surface area contributed by atoms with E-state index in [1.165, 1.54) is 0 Å². The van der Waals surface area contributed by atoms with Gasteiger partial charge in [-0.15, -0.1) is 23.1 Å². The summed E-state index contributed by atoms with van der Waals surface area (Å²) in [6.45, 7) is 1.67. The van der Waals surface area contributed by atoms with E-state index in [1.54, 1.807) is 23.1 Å². The number of hydrogen-bond acceptors (Lipinski definition) is 5. The minimum atomic E-state index is 0.000124. The molecule has 0 fully saturated rings. The number of amides is 1. The molecule has 0 unspecified atom stereocenters. The maximum Gasteiger partial charge on any atom is 0.252 e. The first-order valence-electron chi connectivity index (χ1n) is 7.18. The molecule has 1 amide bonds. The molecule has 0 saturated carbocycles. The summed E-state index contributed by atoms with van der Waals surface area (Å²) in [5, 5.41) is 5.03. The summed E-state index contributed by atoms with van der Waals surface area (Å²) in [6.07, 6.45) is 0.951. The topological polar surface area (TPSA) is 45.2 Å². The number of benzene rings is 1. The molecule has 0 radical (unpaired) electrons. The van der Waals surface area contributed by atoms with Gasteiger partial charge < -0.3 is 10.2 Å². The molecule has 2 rings (SSSR count). The summed E-state index contributed by atoms with van der Waals surface area (Å²) in [7, 11) is 4.07. The number of rotatable bonds is 8. The maximum atomic E-state index is 12.3. The first-order chi connectivity index (χ1) is 10.7. The van der Waals surface area contributed by atoms with Gasteiger partial charge in [-0.3, -0.25) is 4.79 Å². The van der Waals surface area contributed by atoms with Crippen molar-refractivity contribution >= 4 is 29.0 Å². The van der Waals surface area contributed by atoms with E-state index in [-0.39, 0.29) is 5.91 Å². The van der Waals surface area contributed by atoms with Crippen molar-refractivity contribution in [3.63, 3.8) is 0 Å². The largest absolute Gasteiger partial charge is 0.352 e. The number of nitrogens with zero attached hydrogens (tertiary/aromatic N) is 2. The Morgan fingerprint density at radius 3 is 2.91 bits per heavy atom. The lowest BCUT2D eigenvalue weighted by Gasteiger charge is -2.11. The fourth-order valence-electron chi connectivity index (χ4n) is 1.93. The average molecular weight is 335 g/mol. The van der Waals surface area contributed by atoms with Crippen LogP contribution in [0.15, 0.2) is 40.1 Å². The molecular formula is C16H21N3OS2. The fourth-order valence-corrected chi connectivity index (χ4v) is 3.55. The van der Waals surface area contributed by atoms with E-state index in [0.717, 1.165) is 34.9 Å². The number of thiazole rings is 1. The number of carbonyl (C=O) groups excluding carboxylic acids is 1. The Morgan fingerprint density at radius 2 is 2.18 bits per heavy atom. The zero-order chi connectivity index (χ0) is 15.8. The number of aromatic nitrogens is 1. The SMILES string of the molecule is CN(C)CCCNC(=O)c1ccccc1SCc1cscn1. The van der Waals surface area contributed by atoms with Gasteiger partial charge in [-0.05, 0) is 39.2 Å². The van der Waals surface area contributed by atoms with Crippen molar-refractivity contribution in [2.45, 2.75) is 17.1 Å². The van der Waals surface area contributed by atoms with Crippen LogP contribution in [-0.2, 0) is 5.75 Å².